The number of carbonyl (C=O) groups is 2. The molecule has 0 bridgehead atoms. The Morgan fingerprint density at radius 3 is 1.37 bits per heavy atom. The van der Waals surface area contributed by atoms with Gasteiger partial charge >= 0.3 is 11.9 Å². The highest BCUT2D eigenvalue weighted by Crippen LogP contribution is 2.18. The van der Waals surface area contributed by atoms with Gasteiger partial charge in [0.15, 0.2) is 0 Å². The molecule has 0 unspecified atom stereocenters. The molecule has 27 heavy (non-hydrogen) atoms. The molecular formula is C22H18O5. The minimum Gasteiger partial charge on any atom is -0.497 e. The molecule has 5 heteroatoms. The number of hydrogen-bond donors (Lipinski definition) is 0. The normalized spacial score (nSPS) is 10.1. The molecule has 0 saturated carbocycles. The average Bonchev–Trinajstić information content (AvgIpc) is 2.70. The summed E-state index contributed by atoms with van der Waals surface area (Å²) in [7, 11) is 1.55. The Labute approximate surface area is 157 Å². The van der Waals surface area contributed by atoms with Crippen LogP contribution in [0.25, 0.3) is 0 Å². The van der Waals surface area contributed by atoms with Gasteiger partial charge < -0.3 is 14.2 Å². The van der Waals surface area contributed by atoms with E-state index in [4.69, 9.17) is 14.2 Å². The quantitative estimate of drug-likeness (QED) is 0.496. The van der Waals surface area contributed by atoms with Crippen LogP contribution in [0.3, 0.4) is 0 Å². The van der Waals surface area contributed by atoms with Crippen molar-refractivity contribution >= 4 is 11.9 Å². The fraction of sp³-hybridized carbons (Fsp3) is 0.0909. The minimum atomic E-state index is -0.493. The summed E-state index contributed by atoms with van der Waals surface area (Å²) in [4.78, 5) is 24.3. The summed E-state index contributed by atoms with van der Waals surface area (Å²) in [6, 6.07) is 20.0. The Bertz CT molecular complexity index is 926. The van der Waals surface area contributed by atoms with Gasteiger partial charge in [-0.15, -0.1) is 0 Å². The van der Waals surface area contributed by atoms with Crippen LogP contribution in [0.1, 0.15) is 26.3 Å². The van der Waals surface area contributed by atoms with E-state index in [0.717, 1.165) is 5.56 Å². The van der Waals surface area contributed by atoms with Crippen LogP contribution < -0.4 is 14.2 Å². The van der Waals surface area contributed by atoms with Crippen molar-refractivity contribution in [2.75, 3.05) is 7.11 Å². The van der Waals surface area contributed by atoms with Gasteiger partial charge in [-0.1, -0.05) is 17.7 Å². The SMILES string of the molecule is COc1ccc(C(=O)Oc2ccc(C(=O)Oc3ccc(C)cc3)cc2)cc1. The second-order valence-corrected chi connectivity index (χ2v) is 5.84. The first-order valence-electron chi connectivity index (χ1n) is 8.30. The third-order valence-electron chi connectivity index (χ3n) is 3.86. The highest BCUT2D eigenvalue weighted by Gasteiger charge is 2.11. The Hall–Kier alpha value is -3.60. The van der Waals surface area contributed by atoms with Crippen molar-refractivity contribution < 1.29 is 23.8 Å². The highest BCUT2D eigenvalue weighted by atomic mass is 16.5. The van der Waals surface area contributed by atoms with E-state index in [9.17, 15) is 9.59 Å². The molecule has 0 saturated heterocycles. The molecule has 5 nitrogen and oxygen atoms in total. The lowest BCUT2D eigenvalue weighted by molar-refractivity contribution is 0.0730. The van der Waals surface area contributed by atoms with Crippen LogP contribution in [0.2, 0.25) is 0 Å². The van der Waals surface area contributed by atoms with Crippen LogP contribution in [0.4, 0.5) is 0 Å². The van der Waals surface area contributed by atoms with E-state index >= 15 is 0 Å². The van der Waals surface area contributed by atoms with Gasteiger partial charge in [-0.3, -0.25) is 0 Å². The summed E-state index contributed by atoms with van der Waals surface area (Å²) < 4.78 is 15.7. The zero-order chi connectivity index (χ0) is 19.2. The fourth-order valence-electron chi connectivity index (χ4n) is 2.32. The molecule has 0 aromatic heterocycles. The van der Waals surface area contributed by atoms with E-state index in [2.05, 4.69) is 0 Å². The third-order valence-corrected chi connectivity index (χ3v) is 3.86. The van der Waals surface area contributed by atoms with Crippen LogP contribution in [0, 0.1) is 6.92 Å². The number of rotatable bonds is 5. The van der Waals surface area contributed by atoms with E-state index < -0.39 is 11.9 Å². The second kappa shape index (κ2) is 8.19. The number of methoxy groups -OCH3 is 1. The molecule has 3 aromatic rings. The van der Waals surface area contributed by atoms with E-state index in [1.807, 2.05) is 19.1 Å². The first kappa shape index (κ1) is 18.2. The van der Waals surface area contributed by atoms with Crippen molar-refractivity contribution in [1.29, 1.82) is 0 Å². The molecule has 0 radical (unpaired) electrons. The minimum absolute atomic E-state index is 0.336. The largest absolute Gasteiger partial charge is 0.497 e. The molecule has 0 heterocycles. The number of ether oxygens (including phenoxy) is 3. The van der Waals surface area contributed by atoms with Gasteiger partial charge in [-0.25, -0.2) is 9.59 Å². The monoisotopic (exact) mass is 362 g/mol. The third kappa shape index (κ3) is 4.73. The van der Waals surface area contributed by atoms with E-state index in [1.165, 1.54) is 0 Å². The van der Waals surface area contributed by atoms with Crippen molar-refractivity contribution in [2.45, 2.75) is 6.92 Å². The Balaban J connectivity index is 1.62. The molecule has 136 valence electrons. The van der Waals surface area contributed by atoms with Crippen LogP contribution in [0.15, 0.2) is 72.8 Å². The molecule has 0 amide bonds. The van der Waals surface area contributed by atoms with Gasteiger partial charge in [0.1, 0.15) is 17.2 Å². The molecule has 0 atom stereocenters. The zero-order valence-corrected chi connectivity index (χ0v) is 15.0. The first-order valence-corrected chi connectivity index (χ1v) is 8.30. The van der Waals surface area contributed by atoms with Crippen molar-refractivity contribution in [3.8, 4) is 17.2 Å². The number of benzene rings is 3. The number of esters is 2. The lowest BCUT2D eigenvalue weighted by Crippen LogP contribution is -2.10. The summed E-state index contributed by atoms with van der Waals surface area (Å²) in [5.41, 5.74) is 1.84. The number of hydrogen-bond acceptors (Lipinski definition) is 5. The van der Waals surface area contributed by atoms with Crippen molar-refractivity contribution in [2.24, 2.45) is 0 Å². The molecule has 0 fully saturated rings. The molecule has 0 spiro atoms. The fourth-order valence-corrected chi connectivity index (χ4v) is 2.32. The zero-order valence-electron chi connectivity index (χ0n) is 15.0. The molecule has 3 rings (SSSR count). The van der Waals surface area contributed by atoms with Gasteiger partial charge in [0, 0.05) is 0 Å². The average molecular weight is 362 g/mol. The van der Waals surface area contributed by atoms with Crippen molar-refractivity contribution in [1.82, 2.24) is 0 Å². The number of aryl methyl sites for hydroxylation is 1. The summed E-state index contributed by atoms with van der Waals surface area (Å²) in [5.74, 6) is 0.492. The van der Waals surface area contributed by atoms with Crippen LogP contribution in [-0.2, 0) is 0 Å². The maximum Gasteiger partial charge on any atom is 0.343 e. The van der Waals surface area contributed by atoms with Gasteiger partial charge in [0.2, 0.25) is 0 Å². The second-order valence-electron chi connectivity index (χ2n) is 5.84. The Morgan fingerprint density at radius 2 is 0.963 bits per heavy atom. The van der Waals surface area contributed by atoms with Gasteiger partial charge in [0.05, 0.1) is 18.2 Å². The molecule has 3 aromatic carbocycles. The molecule has 0 aliphatic carbocycles. The van der Waals surface area contributed by atoms with Gasteiger partial charge in [-0.05, 0) is 67.6 Å². The summed E-state index contributed by atoms with van der Waals surface area (Å²) in [6.45, 7) is 1.96. The van der Waals surface area contributed by atoms with Crippen LogP contribution in [-0.4, -0.2) is 19.0 Å². The van der Waals surface area contributed by atoms with Crippen LogP contribution in [0.5, 0.6) is 17.2 Å². The lowest BCUT2D eigenvalue weighted by atomic mass is 10.2. The van der Waals surface area contributed by atoms with Crippen LogP contribution >= 0.6 is 0 Å². The number of carbonyl (C=O) groups excluding carboxylic acids is 2. The van der Waals surface area contributed by atoms with Crippen molar-refractivity contribution in [3.05, 3.63) is 89.5 Å². The first-order chi connectivity index (χ1) is 13.0. The van der Waals surface area contributed by atoms with E-state index in [0.29, 0.717) is 28.4 Å². The molecule has 0 N–H and O–H groups in total. The van der Waals surface area contributed by atoms with E-state index in [-0.39, 0.29) is 0 Å². The standard InChI is InChI=1S/C22H18O5/c1-15-3-9-19(10-4-15)26-22(24)17-7-13-20(14-8-17)27-21(23)16-5-11-18(25-2)12-6-16/h3-14H,1-2H3. The maximum atomic E-state index is 12.2. The van der Waals surface area contributed by atoms with Gasteiger partial charge in [-0.2, -0.15) is 0 Å². The molecular weight excluding hydrogens is 344 g/mol. The topological polar surface area (TPSA) is 61.8 Å². The van der Waals surface area contributed by atoms with E-state index in [1.54, 1.807) is 67.8 Å². The summed E-state index contributed by atoms with van der Waals surface area (Å²) >= 11 is 0. The van der Waals surface area contributed by atoms with Crippen molar-refractivity contribution in [3.63, 3.8) is 0 Å². The predicted octanol–water partition coefficient (Wildman–Crippen LogP) is 4.44. The molecule has 0 aliphatic heterocycles. The summed E-state index contributed by atoms with van der Waals surface area (Å²) in [6.07, 6.45) is 0. The molecule has 0 aliphatic rings. The Kier molecular flexibility index (Phi) is 5.52. The summed E-state index contributed by atoms with van der Waals surface area (Å²) in [5, 5.41) is 0. The highest BCUT2D eigenvalue weighted by molar-refractivity contribution is 5.92. The lowest BCUT2D eigenvalue weighted by Gasteiger charge is -2.07. The van der Waals surface area contributed by atoms with Gasteiger partial charge in [0.25, 0.3) is 0 Å². The maximum absolute atomic E-state index is 12.2. The Morgan fingerprint density at radius 1 is 0.593 bits per heavy atom. The smallest absolute Gasteiger partial charge is 0.343 e. The predicted molar refractivity (Wildman–Crippen MR) is 101 cm³/mol.